The van der Waals surface area contributed by atoms with E-state index in [-0.39, 0.29) is 5.56 Å². The van der Waals surface area contributed by atoms with E-state index in [4.69, 9.17) is 4.98 Å². The van der Waals surface area contributed by atoms with Gasteiger partial charge in [-0.3, -0.25) is 9.36 Å². The molecule has 0 bridgehead atoms. The molecule has 0 aliphatic carbocycles. The SMILES string of the molecule is Cc1ccc(CSc2nc3ccccc3c(=O)n2CC(C)C)cc1C. The van der Waals surface area contributed by atoms with E-state index in [2.05, 4.69) is 45.9 Å². The fraction of sp³-hybridized carbons (Fsp3) is 0.333. The third-order valence-corrected chi connectivity index (χ3v) is 5.36. The fourth-order valence-electron chi connectivity index (χ4n) is 2.83. The first-order valence-corrected chi connectivity index (χ1v) is 9.63. The van der Waals surface area contributed by atoms with E-state index in [1.54, 1.807) is 11.8 Å². The van der Waals surface area contributed by atoms with Crippen molar-refractivity contribution in [3.63, 3.8) is 0 Å². The van der Waals surface area contributed by atoms with E-state index in [9.17, 15) is 4.79 Å². The summed E-state index contributed by atoms with van der Waals surface area (Å²) in [6.45, 7) is 9.19. The van der Waals surface area contributed by atoms with Gasteiger partial charge in [-0.2, -0.15) is 0 Å². The van der Waals surface area contributed by atoms with E-state index in [1.165, 1.54) is 16.7 Å². The predicted molar refractivity (Wildman–Crippen MR) is 106 cm³/mol. The van der Waals surface area contributed by atoms with Crippen molar-refractivity contribution in [2.45, 2.75) is 45.1 Å². The van der Waals surface area contributed by atoms with Crippen LogP contribution in [-0.2, 0) is 12.3 Å². The molecule has 0 atom stereocenters. The van der Waals surface area contributed by atoms with Crippen LogP contribution in [0.4, 0.5) is 0 Å². The highest BCUT2D eigenvalue weighted by atomic mass is 32.2. The summed E-state index contributed by atoms with van der Waals surface area (Å²) in [6, 6.07) is 14.1. The topological polar surface area (TPSA) is 34.9 Å². The maximum Gasteiger partial charge on any atom is 0.262 e. The number of thioether (sulfide) groups is 1. The fourth-order valence-corrected chi connectivity index (χ4v) is 3.78. The van der Waals surface area contributed by atoms with Gasteiger partial charge in [0, 0.05) is 12.3 Å². The van der Waals surface area contributed by atoms with E-state index >= 15 is 0 Å². The molecule has 1 aromatic heterocycles. The average molecular weight is 353 g/mol. The van der Waals surface area contributed by atoms with Crippen LogP contribution in [0.5, 0.6) is 0 Å². The van der Waals surface area contributed by atoms with Gasteiger partial charge in [-0.05, 0) is 48.6 Å². The molecule has 25 heavy (non-hydrogen) atoms. The van der Waals surface area contributed by atoms with Crippen molar-refractivity contribution in [3.8, 4) is 0 Å². The highest BCUT2D eigenvalue weighted by molar-refractivity contribution is 7.98. The third kappa shape index (κ3) is 3.96. The highest BCUT2D eigenvalue weighted by Crippen LogP contribution is 2.24. The molecule has 0 aliphatic rings. The van der Waals surface area contributed by atoms with Gasteiger partial charge in [0.25, 0.3) is 5.56 Å². The van der Waals surface area contributed by atoms with E-state index in [0.717, 1.165) is 16.4 Å². The van der Waals surface area contributed by atoms with Crippen molar-refractivity contribution in [1.82, 2.24) is 9.55 Å². The van der Waals surface area contributed by atoms with Gasteiger partial charge in [0.15, 0.2) is 5.16 Å². The molecular weight excluding hydrogens is 328 g/mol. The van der Waals surface area contributed by atoms with E-state index in [0.29, 0.717) is 17.8 Å². The number of hydrogen-bond donors (Lipinski definition) is 0. The highest BCUT2D eigenvalue weighted by Gasteiger charge is 2.13. The van der Waals surface area contributed by atoms with E-state index in [1.807, 2.05) is 28.8 Å². The van der Waals surface area contributed by atoms with Crippen LogP contribution in [0.2, 0.25) is 0 Å². The first kappa shape index (κ1) is 17.7. The molecule has 4 heteroatoms. The Morgan fingerprint density at radius 3 is 2.56 bits per heavy atom. The van der Waals surface area contributed by atoms with Crippen LogP contribution in [0.3, 0.4) is 0 Å². The smallest absolute Gasteiger partial charge is 0.262 e. The Kier molecular flexibility index (Phi) is 5.28. The summed E-state index contributed by atoms with van der Waals surface area (Å²) in [5.41, 5.74) is 4.68. The lowest BCUT2D eigenvalue weighted by Crippen LogP contribution is -2.25. The Balaban J connectivity index is 1.98. The number of rotatable bonds is 5. The van der Waals surface area contributed by atoms with Crippen molar-refractivity contribution in [2.75, 3.05) is 0 Å². The maximum absolute atomic E-state index is 12.9. The van der Waals surface area contributed by atoms with Crippen LogP contribution in [0, 0.1) is 19.8 Å². The van der Waals surface area contributed by atoms with Crippen LogP contribution in [-0.4, -0.2) is 9.55 Å². The molecule has 0 unspecified atom stereocenters. The molecular formula is C21H24N2OS. The van der Waals surface area contributed by atoms with Crippen molar-refractivity contribution in [3.05, 3.63) is 69.5 Å². The molecule has 3 rings (SSSR count). The summed E-state index contributed by atoms with van der Waals surface area (Å²) in [7, 11) is 0. The van der Waals surface area contributed by atoms with Crippen molar-refractivity contribution < 1.29 is 0 Å². The summed E-state index contributed by atoms with van der Waals surface area (Å²) >= 11 is 1.64. The molecule has 0 amide bonds. The van der Waals surface area contributed by atoms with Gasteiger partial charge < -0.3 is 0 Å². The van der Waals surface area contributed by atoms with Crippen LogP contribution < -0.4 is 5.56 Å². The second kappa shape index (κ2) is 7.44. The quantitative estimate of drug-likeness (QED) is 0.481. The molecule has 1 heterocycles. The molecule has 0 aliphatic heterocycles. The number of aryl methyl sites for hydroxylation is 2. The molecule has 3 aromatic rings. The van der Waals surface area contributed by atoms with Gasteiger partial charge in [-0.1, -0.05) is 55.9 Å². The van der Waals surface area contributed by atoms with Gasteiger partial charge in [-0.15, -0.1) is 0 Å². The molecule has 3 nitrogen and oxygen atoms in total. The molecule has 0 N–H and O–H groups in total. The van der Waals surface area contributed by atoms with Crippen molar-refractivity contribution in [1.29, 1.82) is 0 Å². The van der Waals surface area contributed by atoms with Crippen LogP contribution in [0.1, 0.15) is 30.5 Å². The number of hydrogen-bond acceptors (Lipinski definition) is 3. The number of para-hydroxylation sites is 1. The largest absolute Gasteiger partial charge is 0.287 e. The van der Waals surface area contributed by atoms with Crippen molar-refractivity contribution in [2.24, 2.45) is 5.92 Å². The van der Waals surface area contributed by atoms with Crippen LogP contribution in [0.15, 0.2) is 52.4 Å². The Morgan fingerprint density at radius 2 is 1.84 bits per heavy atom. The normalized spacial score (nSPS) is 11.4. The minimum absolute atomic E-state index is 0.0573. The molecule has 0 radical (unpaired) electrons. The van der Waals surface area contributed by atoms with Gasteiger partial charge in [0.1, 0.15) is 0 Å². The summed E-state index contributed by atoms with van der Waals surface area (Å²) < 4.78 is 1.83. The lowest BCUT2D eigenvalue weighted by Gasteiger charge is -2.15. The van der Waals surface area contributed by atoms with Gasteiger partial charge in [0.05, 0.1) is 10.9 Å². The number of aromatic nitrogens is 2. The van der Waals surface area contributed by atoms with E-state index < -0.39 is 0 Å². The summed E-state index contributed by atoms with van der Waals surface area (Å²) in [5.74, 6) is 1.20. The van der Waals surface area contributed by atoms with Gasteiger partial charge in [0.2, 0.25) is 0 Å². The Labute approximate surface area is 153 Å². The first-order chi connectivity index (χ1) is 12.0. The van der Waals surface area contributed by atoms with Crippen molar-refractivity contribution >= 4 is 22.7 Å². The monoisotopic (exact) mass is 352 g/mol. The summed E-state index contributed by atoms with van der Waals surface area (Å²) in [5, 5.41) is 1.49. The Morgan fingerprint density at radius 1 is 1.08 bits per heavy atom. The molecule has 0 saturated heterocycles. The summed E-state index contributed by atoms with van der Waals surface area (Å²) in [6.07, 6.45) is 0. The third-order valence-electron chi connectivity index (χ3n) is 4.31. The molecule has 2 aromatic carbocycles. The maximum atomic E-state index is 12.9. The lowest BCUT2D eigenvalue weighted by molar-refractivity contribution is 0.475. The minimum Gasteiger partial charge on any atom is -0.287 e. The Bertz CT molecular complexity index is 960. The number of benzene rings is 2. The molecule has 0 fully saturated rings. The zero-order valence-corrected chi connectivity index (χ0v) is 16.1. The zero-order valence-electron chi connectivity index (χ0n) is 15.2. The number of fused-ring (bicyclic) bond motifs is 1. The van der Waals surface area contributed by atoms with Gasteiger partial charge >= 0.3 is 0 Å². The summed E-state index contributed by atoms with van der Waals surface area (Å²) in [4.78, 5) is 17.7. The van der Waals surface area contributed by atoms with Gasteiger partial charge in [-0.25, -0.2) is 4.98 Å². The molecule has 0 spiro atoms. The van der Waals surface area contributed by atoms with Crippen LogP contribution >= 0.6 is 11.8 Å². The molecule has 0 saturated carbocycles. The second-order valence-electron chi connectivity index (χ2n) is 6.93. The standard InChI is InChI=1S/C21H24N2OS/c1-14(2)12-23-20(24)18-7-5-6-8-19(18)22-21(23)25-13-17-10-9-15(3)16(4)11-17/h5-11,14H,12-13H2,1-4H3. The zero-order chi connectivity index (χ0) is 18.0. The first-order valence-electron chi connectivity index (χ1n) is 8.64. The Hall–Kier alpha value is -2.07. The average Bonchev–Trinajstić information content (AvgIpc) is 2.58. The number of nitrogens with zero attached hydrogens (tertiary/aromatic N) is 2. The predicted octanol–water partition coefficient (Wildman–Crippen LogP) is 4.96. The minimum atomic E-state index is 0.0573. The van der Waals surface area contributed by atoms with Crippen LogP contribution in [0.25, 0.3) is 10.9 Å². The second-order valence-corrected chi connectivity index (χ2v) is 7.87. The molecule has 130 valence electrons. The lowest BCUT2D eigenvalue weighted by atomic mass is 10.1.